The van der Waals surface area contributed by atoms with E-state index >= 15 is 0 Å². The van der Waals surface area contributed by atoms with Crippen molar-refractivity contribution in [3.8, 4) is 5.69 Å². The first kappa shape index (κ1) is 18.3. The molecule has 2 N–H and O–H groups in total. The maximum Gasteiger partial charge on any atom is 0.267 e. The number of carbonyl (C=O) groups is 1. The van der Waals surface area contributed by atoms with Crippen molar-refractivity contribution in [2.75, 3.05) is 0 Å². The number of para-hydroxylation sites is 1. The Morgan fingerprint density at radius 1 is 1.22 bits per heavy atom. The monoisotopic (exact) mass is 399 g/mol. The van der Waals surface area contributed by atoms with Gasteiger partial charge in [-0.25, -0.2) is 4.98 Å². The number of fused-ring (bicyclic) bond motifs is 3. The van der Waals surface area contributed by atoms with Crippen LogP contribution in [0, 0.1) is 0 Å². The molecule has 0 bridgehead atoms. The van der Waals surface area contributed by atoms with Gasteiger partial charge in [0, 0.05) is 4.88 Å². The molecule has 2 heterocycles. The molecule has 27 heavy (non-hydrogen) atoms. The normalized spacial score (nSPS) is 15.3. The number of thiophene rings is 1. The maximum atomic E-state index is 13.5. The van der Waals surface area contributed by atoms with Gasteiger partial charge in [0.05, 0.1) is 16.3 Å². The summed E-state index contributed by atoms with van der Waals surface area (Å²) >= 11 is 2.86. The molecule has 1 atom stereocenters. The van der Waals surface area contributed by atoms with Crippen LogP contribution in [0.3, 0.4) is 0 Å². The summed E-state index contributed by atoms with van der Waals surface area (Å²) in [7, 11) is 0. The van der Waals surface area contributed by atoms with Crippen molar-refractivity contribution in [1.29, 1.82) is 0 Å². The third-order valence-corrected chi connectivity index (χ3v) is 7.16. The highest BCUT2D eigenvalue weighted by molar-refractivity contribution is 8.00. The third kappa shape index (κ3) is 3.41. The molecule has 0 spiro atoms. The third-order valence-electron chi connectivity index (χ3n) is 4.91. The molecule has 1 aromatic carbocycles. The molecule has 0 saturated carbocycles. The Balaban J connectivity index is 1.98. The van der Waals surface area contributed by atoms with Gasteiger partial charge in [-0.15, -0.1) is 11.3 Å². The van der Waals surface area contributed by atoms with E-state index in [9.17, 15) is 9.59 Å². The number of nitrogens with zero attached hydrogens (tertiary/aromatic N) is 2. The Kier molecular flexibility index (Phi) is 5.06. The van der Waals surface area contributed by atoms with Crippen molar-refractivity contribution in [3.63, 3.8) is 0 Å². The van der Waals surface area contributed by atoms with Gasteiger partial charge in [0.25, 0.3) is 5.56 Å². The molecular formula is C20H21N3O2S2. The van der Waals surface area contributed by atoms with E-state index in [2.05, 4.69) is 0 Å². The lowest BCUT2D eigenvalue weighted by molar-refractivity contribution is -0.117. The number of thioether (sulfide) groups is 1. The number of benzene rings is 1. The number of aryl methyl sites for hydroxylation is 2. The molecule has 0 unspecified atom stereocenters. The van der Waals surface area contributed by atoms with Gasteiger partial charge in [-0.1, -0.05) is 36.4 Å². The molecule has 4 rings (SSSR count). The number of hydrogen-bond donors (Lipinski definition) is 1. The molecule has 0 aliphatic heterocycles. The summed E-state index contributed by atoms with van der Waals surface area (Å²) in [6.45, 7) is 1.74. The zero-order chi connectivity index (χ0) is 19.0. The van der Waals surface area contributed by atoms with Crippen LogP contribution in [0.2, 0.25) is 0 Å². The van der Waals surface area contributed by atoms with Gasteiger partial charge < -0.3 is 5.73 Å². The fourth-order valence-electron chi connectivity index (χ4n) is 3.46. The van der Waals surface area contributed by atoms with Crippen LogP contribution in [0.15, 0.2) is 40.3 Å². The summed E-state index contributed by atoms with van der Waals surface area (Å²) in [6.07, 6.45) is 5.42. The van der Waals surface area contributed by atoms with Crippen molar-refractivity contribution in [2.45, 2.75) is 49.4 Å². The second-order valence-corrected chi connectivity index (χ2v) is 9.17. The average Bonchev–Trinajstić information content (AvgIpc) is 2.84. The van der Waals surface area contributed by atoms with E-state index in [0.717, 1.165) is 41.6 Å². The molecule has 1 aliphatic rings. The second kappa shape index (κ2) is 7.48. The van der Waals surface area contributed by atoms with Crippen LogP contribution in [0.4, 0.5) is 0 Å². The highest BCUT2D eigenvalue weighted by Crippen LogP contribution is 2.35. The van der Waals surface area contributed by atoms with Crippen LogP contribution in [-0.2, 0) is 17.6 Å². The minimum atomic E-state index is -0.470. The maximum absolute atomic E-state index is 13.5. The van der Waals surface area contributed by atoms with Gasteiger partial charge in [-0.3, -0.25) is 14.2 Å². The van der Waals surface area contributed by atoms with Gasteiger partial charge >= 0.3 is 0 Å². The van der Waals surface area contributed by atoms with Crippen molar-refractivity contribution < 1.29 is 4.79 Å². The first-order valence-corrected chi connectivity index (χ1v) is 10.8. The Bertz CT molecular complexity index is 1060. The summed E-state index contributed by atoms with van der Waals surface area (Å²) in [6, 6.07) is 9.48. The lowest BCUT2D eigenvalue weighted by Gasteiger charge is -2.14. The molecule has 1 aliphatic carbocycles. The number of carbonyl (C=O) groups excluding carboxylic acids is 1. The summed E-state index contributed by atoms with van der Waals surface area (Å²) < 4.78 is 1.63. The summed E-state index contributed by atoms with van der Waals surface area (Å²) in [5, 5.41) is 0.792. The van der Waals surface area contributed by atoms with Crippen LogP contribution in [0.25, 0.3) is 15.9 Å². The molecule has 2 aromatic heterocycles. The molecule has 1 amide bonds. The van der Waals surface area contributed by atoms with Crippen LogP contribution >= 0.6 is 23.1 Å². The molecule has 0 saturated heterocycles. The number of amides is 1. The zero-order valence-corrected chi connectivity index (χ0v) is 16.7. The lowest BCUT2D eigenvalue weighted by atomic mass is 10.1. The second-order valence-electron chi connectivity index (χ2n) is 6.78. The number of hydrogen-bond acceptors (Lipinski definition) is 5. The quantitative estimate of drug-likeness (QED) is 0.412. The van der Waals surface area contributed by atoms with Crippen molar-refractivity contribution in [1.82, 2.24) is 9.55 Å². The molecule has 7 heteroatoms. The smallest absolute Gasteiger partial charge is 0.267 e. The van der Waals surface area contributed by atoms with Crippen LogP contribution in [0.5, 0.6) is 0 Å². The Morgan fingerprint density at radius 2 is 1.96 bits per heavy atom. The van der Waals surface area contributed by atoms with Crippen LogP contribution in [0.1, 0.15) is 36.6 Å². The highest BCUT2D eigenvalue weighted by Gasteiger charge is 2.23. The minimum absolute atomic E-state index is 0.0511. The van der Waals surface area contributed by atoms with Gasteiger partial charge in [0.2, 0.25) is 5.91 Å². The molecule has 0 radical (unpaired) electrons. The van der Waals surface area contributed by atoms with Crippen molar-refractivity contribution >= 4 is 39.2 Å². The largest absolute Gasteiger partial charge is 0.369 e. The van der Waals surface area contributed by atoms with Gasteiger partial charge in [0.1, 0.15) is 4.83 Å². The Labute approximate surface area is 165 Å². The first-order chi connectivity index (χ1) is 13.1. The molecule has 3 aromatic rings. The van der Waals surface area contributed by atoms with E-state index in [4.69, 9.17) is 10.7 Å². The average molecular weight is 400 g/mol. The van der Waals surface area contributed by atoms with E-state index in [1.807, 2.05) is 30.3 Å². The van der Waals surface area contributed by atoms with E-state index in [1.54, 1.807) is 22.8 Å². The molecular weight excluding hydrogens is 378 g/mol. The predicted molar refractivity (Wildman–Crippen MR) is 111 cm³/mol. The van der Waals surface area contributed by atoms with Crippen molar-refractivity contribution in [3.05, 3.63) is 51.1 Å². The number of rotatable bonds is 4. The zero-order valence-electron chi connectivity index (χ0n) is 15.1. The van der Waals surface area contributed by atoms with Crippen molar-refractivity contribution in [2.24, 2.45) is 5.73 Å². The van der Waals surface area contributed by atoms with Crippen LogP contribution in [-0.4, -0.2) is 20.7 Å². The topological polar surface area (TPSA) is 78.0 Å². The van der Waals surface area contributed by atoms with E-state index in [0.29, 0.717) is 5.16 Å². The number of primary amides is 1. The predicted octanol–water partition coefficient (Wildman–Crippen LogP) is 3.68. The van der Waals surface area contributed by atoms with E-state index in [1.165, 1.54) is 28.6 Å². The SMILES string of the molecule is C[C@H](Sc1nc2sc3c(c2c(=O)n1-c1ccccc1)CCCCC3)C(N)=O. The standard InChI is InChI=1S/C20H21N3O2S2/c1-12(17(21)24)26-20-22-18-16(14-10-6-3-7-11-15(14)27-18)19(25)23(20)13-8-4-2-5-9-13/h2,4-5,8-9,12H,3,6-7,10-11H2,1H3,(H2,21,24)/t12-/m0/s1. The van der Waals surface area contributed by atoms with Gasteiger partial charge in [-0.05, 0) is 50.3 Å². The molecule has 140 valence electrons. The van der Waals surface area contributed by atoms with Crippen LogP contribution < -0.4 is 11.3 Å². The number of nitrogens with two attached hydrogens (primary N) is 1. The van der Waals surface area contributed by atoms with Gasteiger partial charge in [0.15, 0.2) is 5.16 Å². The highest BCUT2D eigenvalue weighted by atomic mass is 32.2. The summed E-state index contributed by atoms with van der Waals surface area (Å²) in [4.78, 5) is 32.0. The fraction of sp³-hybridized carbons (Fsp3) is 0.350. The fourth-order valence-corrected chi connectivity index (χ4v) is 5.64. The van der Waals surface area contributed by atoms with Gasteiger partial charge in [-0.2, -0.15) is 0 Å². The first-order valence-electron chi connectivity index (χ1n) is 9.15. The Hall–Kier alpha value is -2.12. The summed E-state index contributed by atoms with van der Waals surface area (Å²) in [5.74, 6) is -0.420. The van der Waals surface area contributed by atoms with E-state index in [-0.39, 0.29) is 5.56 Å². The number of aromatic nitrogens is 2. The molecule has 5 nitrogen and oxygen atoms in total. The van der Waals surface area contributed by atoms with E-state index < -0.39 is 11.2 Å². The molecule has 0 fully saturated rings. The Morgan fingerprint density at radius 3 is 2.70 bits per heavy atom. The lowest BCUT2D eigenvalue weighted by Crippen LogP contribution is -2.26. The minimum Gasteiger partial charge on any atom is -0.369 e. The summed E-state index contributed by atoms with van der Waals surface area (Å²) in [5.41, 5.74) is 7.33.